The summed E-state index contributed by atoms with van der Waals surface area (Å²) in [4.78, 5) is 24.7. The van der Waals surface area contributed by atoms with Crippen LogP contribution in [0.1, 0.15) is 17.2 Å². The predicted octanol–water partition coefficient (Wildman–Crippen LogP) is 3.12. The SMILES string of the molecule is C=C1NC(=O)N[C@@H](c2ccccc2C)[C@H]1C(=O)Nc1ccccc1. The topological polar surface area (TPSA) is 70.2 Å². The molecule has 1 saturated heterocycles. The van der Waals surface area contributed by atoms with Crippen LogP contribution in [0.15, 0.2) is 66.9 Å². The van der Waals surface area contributed by atoms with Gasteiger partial charge in [-0.25, -0.2) is 4.79 Å². The van der Waals surface area contributed by atoms with Crippen molar-refractivity contribution in [2.45, 2.75) is 13.0 Å². The first-order chi connectivity index (χ1) is 11.6. The number of carbonyl (C=O) groups excluding carboxylic acids is 2. The minimum atomic E-state index is -0.607. The van der Waals surface area contributed by atoms with Gasteiger partial charge in [-0.1, -0.05) is 49.0 Å². The number of urea groups is 1. The number of amides is 3. The summed E-state index contributed by atoms with van der Waals surface area (Å²) >= 11 is 0. The number of benzene rings is 2. The molecule has 122 valence electrons. The fourth-order valence-corrected chi connectivity index (χ4v) is 2.93. The van der Waals surface area contributed by atoms with E-state index in [1.807, 2.05) is 61.5 Å². The van der Waals surface area contributed by atoms with Gasteiger partial charge < -0.3 is 16.0 Å². The Balaban J connectivity index is 1.92. The Morgan fingerprint density at radius 2 is 1.75 bits per heavy atom. The highest BCUT2D eigenvalue weighted by atomic mass is 16.2. The Morgan fingerprint density at radius 1 is 1.08 bits per heavy atom. The molecule has 0 aromatic heterocycles. The van der Waals surface area contributed by atoms with Crippen molar-refractivity contribution >= 4 is 17.6 Å². The molecule has 2 aromatic carbocycles. The van der Waals surface area contributed by atoms with Gasteiger partial charge in [-0.15, -0.1) is 0 Å². The van der Waals surface area contributed by atoms with Gasteiger partial charge in [0.2, 0.25) is 5.91 Å². The second kappa shape index (κ2) is 6.58. The molecule has 0 unspecified atom stereocenters. The Morgan fingerprint density at radius 3 is 2.46 bits per heavy atom. The normalized spacial score (nSPS) is 20.0. The van der Waals surface area contributed by atoms with Gasteiger partial charge in [0.1, 0.15) is 5.92 Å². The Hall–Kier alpha value is -3.08. The van der Waals surface area contributed by atoms with Crippen molar-refractivity contribution in [3.8, 4) is 0 Å². The van der Waals surface area contributed by atoms with Crippen LogP contribution in [0.5, 0.6) is 0 Å². The number of hydrogen-bond donors (Lipinski definition) is 3. The van der Waals surface area contributed by atoms with E-state index >= 15 is 0 Å². The summed E-state index contributed by atoms with van der Waals surface area (Å²) in [5.41, 5.74) is 3.01. The molecule has 3 N–H and O–H groups in total. The van der Waals surface area contributed by atoms with E-state index in [0.717, 1.165) is 11.1 Å². The molecule has 5 nitrogen and oxygen atoms in total. The third-order valence-corrected chi connectivity index (χ3v) is 4.12. The minimum absolute atomic E-state index is 0.216. The molecule has 1 aliphatic rings. The molecule has 0 spiro atoms. The van der Waals surface area contributed by atoms with Crippen LogP contribution < -0.4 is 16.0 Å². The summed E-state index contributed by atoms with van der Waals surface area (Å²) in [5, 5.41) is 8.34. The lowest BCUT2D eigenvalue weighted by Crippen LogP contribution is -2.52. The second-order valence-corrected chi connectivity index (χ2v) is 5.79. The number of para-hydroxylation sites is 1. The number of aryl methyl sites for hydroxylation is 1. The van der Waals surface area contributed by atoms with Gasteiger partial charge in [-0.2, -0.15) is 0 Å². The summed E-state index contributed by atoms with van der Waals surface area (Å²) in [6.45, 7) is 5.84. The molecule has 2 aromatic rings. The zero-order valence-corrected chi connectivity index (χ0v) is 13.4. The van der Waals surface area contributed by atoms with E-state index in [1.54, 1.807) is 0 Å². The zero-order chi connectivity index (χ0) is 17.1. The third-order valence-electron chi connectivity index (χ3n) is 4.12. The lowest BCUT2D eigenvalue weighted by Gasteiger charge is -2.34. The van der Waals surface area contributed by atoms with Crippen LogP contribution in [0.4, 0.5) is 10.5 Å². The van der Waals surface area contributed by atoms with Crippen LogP contribution in [0, 0.1) is 12.8 Å². The smallest absolute Gasteiger partial charge is 0.319 e. The molecule has 1 heterocycles. The Labute approximate surface area is 140 Å². The van der Waals surface area contributed by atoms with Gasteiger partial charge in [-0.3, -0.25) is 4.79 Å². The molecule has 1 fully saturated rings. The maximum absolute atomic E-state index is 12.8. The van der Waals surface area contributed by atoms with E-state index in [0.29, 0.717) is 11.4 Å². The van der Waals surface area contributed by atoms with Gasteiger partial charge in [-0.05, 0) is 30.2 Å². The van der Waals surface area contributed by atoms with Crippen molar-refractivity contribution in [3.05, 3.63) is 78.0 Å². The van der Waals surface area contributed by atoms with Crippen molar-refractivity contribution in [2.75, 3.05) is 5.32 Å². The molecule has 0 saturated carbocycles. The zero-order valence-electron chi connectivity index (χ0n) is 13.4. The molecule has 24 heavy (non-hydrogen) atoms. The molecule has 0 aliphatic carbocycles. The van der Waals surface area contributed by atoms with Crippen molar-refractivity contribution < 1.29 is 9.59 Å². The second-order valence-electron chi connectivity index (χ2n) is 5.79. The van der Waals surface area contributed by atoms with E-state index in [4.69, 9.17) is 0 Å². The van der Waals surface area contributed by atoms with E-state index < -0.39 is 12.0 Å². The highest BCUT2D eigenvalue weighted by Crippen LogP contribution is 2.32. The van der Waals surface area contributed by atoms with Gasteiger partial charge in [0, 0.05) is 11.4 Å². The van der Waals surface area contributed by atoms with Crippen LogP contribution in [-0.2, 0) is 4.79 Å². The monoisotopic (exact) mass is 321 g/mol. The maximum atomic E-state index is 12.8. The first-order valence-corrected chi connectivity index (χ1v) is 7.74. The van der Waals surface area contributed by atoms with Gasteiger partial charge in [0.15, 0.2) is 0 Å². The first kappa shape index (κ1) is 15.8. The van der Waals surface area contributed by atoms with Crippen LogP contribution in [0.25, 0.3) is 0 Å². The summed E-state index contributed by atoms with van der Waals surface area (Å²) < 4.78 is 0. The molecule has 3 rings (SSSR count). The van der Waals surface area contributed by atoms with Crippen molar-refractivity contribution in [1.29, 1.82) is 0 Å². The van der Waals surface area contributed by atoms with Crippen molar-refractivity contribution in [3.63, 3.8) is 0 Å². The highest BCUT2D eigenvalue weighted by molar-refractivity contribution is 5.97. The molecule has 5 heteroatoms. The van der Waals surface area contributed by atoms with E-state index in [1.165, 1.54) is 0 Å². The average Bonchev–Trinajstić information content (AvgIpc) is 2.55. The van der Waals surface area contributed by atoms with Gasteiger partial charge in [0.25, 0.3) is 0 Å². The van der Waals surface area contributed by atoms with Crippen molar-refractivity contribution in [1.82, 2.24) is 10.6 Å². The molecule has 3 amide bonds. The van der Waals surface area contributed by atoms with Crippen LogP contribution >= 0.6 is 0 Å². The first-order valence-electron chi connectivity index (χ1n) is 7.74. The molecule has 0 radical (unpaired) electrons. The molecular formula is C19H19N3O2. The van der Waals surface area contributed by atoms with Crippen LogP contribution in [0.3, 0.4) is 0 Å². The summed E-state index contributed by atoms with van der Waals surface area (Å²) in [6.07, 6.45) is 0. The largest absolute Gasteiger partial charge is 0.330 e. The Bertz CT molecular complexity index is 786. The van der Waals surface area contributed by atoms with E-state index in [9.17, 15) is 9.59 Å². The fourth-order valence-electron chi connectivity index (χ4n) is 2.93. The number of anilines is 1. The number of rotatable bonds is 3. The molecule has 1 aliphatic heterocycles. The van der Waals surface area contributed by atoms with E-state index in [-0.39, 0.29) is 11.9 Å². The predicted molar refractivity (Wildman–Crippen MR) is 93.3 cm³/mol. The number of nitrogens with one attached hydrogen (secondary N) is 3. The lowest BCUT2D eigenvalue weighted by atomic mass is 9.86. The standard InChI is InChI=1S/C19H19N3O2/c1-12-8-6-7-11-15(12)17-16(13(2)20-19(24)22-17)18(23)21-14-9-4-3-5-10-14/h3-11,16-17H,2H2,1H3,(H,21,23)(H2,20,22,24)/t16-,17-/m0/s1. The number of carbonyl (C=O) groups is 2. The van der Waals surface area contributed by atoms with Crippen LogP contribution in [-0.4, -0.2) is 11.9 Å². The highest BCUT2D eigenvalue weighted by Gasteiger charge is 2.38. The third kappa shape index (κ3) is 3.15. The van der Waals surface area contributed by atoms with Crippen molar-refractivity contribution in [2.24, 2.45) is 5.92 Å². The lowest BCUT2D eigenvalue weighted by molar-refractivity contribution is -0.119. The van der Waals surface area contributed by atoms with E-state index in [2.05, 4.69) is 22.5 Å². The average molecular weight is 321 g/mol. The summed E-state index contributed by atoms with van der Waals surface area (Å²) in [6, 6.07) is 16.1. The minimum Gasteiger partial charge on any atom is -0.330 e. The van der Waals surface area contributed by atoms with Crippen LogP contribution in [0.2, 0.25) is 0 Å². The van der Waals surface area contributed by atoms with Gasteiger partial charge in [0.05, 0.1) is 6.04 Å². The van der Waals surface area contributed by atoms with Gasteiger partial charge >= 0.3 is 6.03 Å². The molecule has 0 bridgehead atoms. The Kier molecular flexibility index (Phi) is 4.33. The summed E-state index contributed by atoms with van der Waals surface area (Å²) in [7, 11) is 0. The fraction of sp³-hybridized carbons (Fsp3) is 0.158. The molecule has 2 atom stereocenters. The molecular weight excluding hydrogens is 302 g/mol. The maximum Gasteiger partial charge on any atom is 0.319 e. The number of hydrogen-bond acceptors (Lipinski definition) is 2. The summed E-state index contributed by atoms with van der Waals surface area (Å²) in [5.74, 6) is -0.823. The quantitative estimate of drug-likeness (QED) is 0.813.